The molecular formula is C27H31Cl2N3O3. The third-order valence-corrected chi connectivity index (χ3v) is 7.14. The van der Waals surface area contributed by atoms with Gasteiger partial charge in [0.1, 0.15) is 5.60 Å². The van der Waals surface area contributed by atoms with Crippen LogP contribution in [0.25, 0.3) is 0 Å². The van der Waals surface area contributed by atoms with E-state index < -0.39 is 5.60 Å². The number of aromatic nitrogens is 1. The van der Waals surface area contributed by atoms with Crippen LogP contribution in [0.3, 0.4) is 0 Å². The second-order valence-electron chi connectivity index (χ2n) is 9.23. The highest BCUT2D eigenvalue weighted by atomic mass is 35.5. The minimum atomic E-state index is -1.10. The highest BCUT2D eigenvalue weighted by molar-refractivity contribution is 6.33. The Bertz CT molecular complexity index is 1120. The Morgan fingerprint density at radius 3 is 2.43 bits per heavy atom. The topological polar surface area (TPSA) is 80.1 Å². The number of β-amino-alcohol motifs (C(OH)–C–C–N with tert-alkyl or cyclic N) is 1. The normalized spacial score (nSPS) is 18.5. The number of piperazine rings is 1. The van der Waals surface area contributed by atoms with Crippen LogP contribution >= 0.6 is 23.2 Å². The summed E-state index contributed by atoms with van der Waals surface area (Å²) < 4.78 is 0. The quantitative estimate of drug-likeness (QED) is 0.417. The molecule has 6 nitrogen and oxygen atoms in total. The van der Waals surface area contributed by atoms with Crippen LogP contribution in [0, 0.1) is 0 Å². The highest BCUT2D eigenvalue weighted by Crippen LogP contribution is 2.37. The molecule has 3 aromatic rings. The summed E-state index contributed by atoms with van der Waals surface area (Å²) in [6, 6.07) is 17.4. The molecule has 1 aromatic heterocycles. The average Bonchev–Trinajstić information content (AvgIpc) is 2.85. The van der Waals surface area contributed by atoms with E-state index in [-0.39, 0.29) is 19.3 Å². The smallest absolute Gasteiger partial charge is 0.101 e. The predicted octanol–water partition coefficient (Wildman–Crippen LogP) is 4.19. The van der Waals surface area contributed by atoms with Crippen molar-refractivity contribution in [2.75, 3.05) is 37.7 Å². The van der Waals surface area contributed by atoms with E-state index in [0.717, 1.165) is 29.9 Å². The first-order valence-electron chi connectivity index (χ1n) is 11.7. The molecule has 2 aromatic carbocycles. The molecule has 0 spiro atoms. The molecule has 8 heteroatoms. The lowest BCUT2D eigenvalue weighted by Crippen LogP contribution is -2.52. The van der Waals surface area contributed by atoms with E-state index in [1.54, 1.807) is 19.2 Å². The van der Waals surface area contributed by atoms with Crippen molar-refractivity contribution in [3.8, 4) is 0 Å². The van der Waals surface area contributed by atoms with Gasteiger partial charge in [-0.05, 0) is 54.8 Å². The zero-order valence-electron chi connectivity index (χ0n) is 19.7. The molecule has 0 bridgehead atoms. The minimum Gasteiger partial charge on any atom is -0.396 e. The van der Waals surface area contributed by atoms with Crippen molar-refractivity contribution in [1.82, 2.24) is 9.88 Å². The Balaban J connectivity index is 1.59. The second kappa shape index (κ2) is 11.2. The SMILES string of the molecule is C[C@@](O)(CN1CCN(c2ccc(CCO)cc2Cl)[C@H](c2ccc(Cl)cc2)C1)c1ccc(CO)nc1. The number of benzene rings is 2. The molecule has 1 fully saturated rings. The van der Waals surface area contributed by atoms with Gasteiger partial charge in [-0.1, -0.05) is 47.5 Å². The van der Waals surface area contributed by atoms with Crippen molar-refractivity contribution < 1.29 is 15.3 Å². The van der Waals surface area contributed by atoms with Gasteiger partial charge in [-0.2, -0.15) is 0 Å². The van der Waals surface area contributed by atoms with Crippen molar-refractivity contribution in [3.05, 3.63) is 93.2 Å². The number of aliphatic hydroxyl groups excluding tert-OH is 2. The van der Waals surface area contributed by atoms with Crippen molar-refractivity contribution in [1.29, 1.82) is 0 Å². The Kier molecular flexibility index (Phi) is 8.32. The highest BCUT2D eigenvalue weighted by Gasteiger charge is 2.34. The number of hydrogen-bond donors (Lipinski definition) is 3. The third-order valence-electron chi connectivity index (χ3n) is 6.58. The van der Waals surface area contributed by atoms with E-state index in [0.29, 0.717) is 40.8 Å². The molecular weight excluding hydrogens is 485 g/mol. The van der Waals surface area contributed by atoms with E-state index in [9.17, 15) is 15.3 Å². The molecule has 0 aliphatic carbocycles. The van der Waals surface area contributed by atoms with Crippen molar-refractivity contribution in [2.45, 2.75) is 31.6 Å². The molecule has 4 rings (SSSR count). The fourth-order valence-electron chi connectivity index (χ4n) is 4.67. The molecule has 1 aliphatic heterocycles. The number of pyridine rings is 1. The van der Waals surface area contributed by atoms with Gasteiger partial charge in [0.15, 0.2) is 0 Å². The molecule has 0 amide bonds. The molecule has 2 atom stereocenters. The van der Waals surface area contributed by atoms with Crippen molar-refractivity contribution in [2.24, 2.45) is 0 Å². The Morgan fingerprint density at radius 1 is 1.03 bits per heavy atom. The number of nitrogens with zero attached hydrogens (tertiary/aromatic N) is 3. The van der Waals surface area contributed by atoms with Gasteiger partial charge in [-0.25, -0.2) is 0 Å². The molecule has 2 heterocycles. The van der Waals surface area contributed by atoms with Crippen LogP contribution in [-0.2, 0) is 18.6 Å². The summed E-state index contributed by atoms with van der Waals surface area (Å²) in [5, 5.41) is 31.2. The number of anilines is 1. The van der Waals surface area contributed by atoms with Crippen LogP contribution in [0.1, 0.15) is 35.3 Å². The van der Waals surface area contributed by atoms with Crippen LogP contribution in [0.4, 0.5) is 5.69 Å². The van der Waals surface area contributed by atoms with E-state index >= 15 is 0 Å². The lowest BCUT2D eigenvalue weighted by Gasteiger charge is -2.45. The van der Waals surface area contributed by atoms with Crippen LogP contribution in [0.15, 0.2) is 60.8 Å². The summed E-state index contributed by atoms with van der Waals surface area (Å²) >= 11 is 12.9. The standard InChI is InChI=1S/C27H31Cl2N3O3/c1-27(35,21-5-8-23(17-34)30-15-21)18-31-11-12-32(25-9-2-19(10-13-33)14-24(25)29)26(16-31)20-3-6-22(28)7-4-20/h2-9,14-15,26,33-35H,10-13,16-18H2,1H3/t26-,27+/m0/s1. The Morgan fingerprint density at radius 2 is 1.80 bits per heavy atom. The number of halogens is 2. The number of aliphatic hydroxyl groups is 3. The first-order chi connectivity index (χ1) is 16.8. The second-order valence-corrected chi connectivity index (χ2v) is 10.1. The lowest BCUT2D eigenvalue weighted by molar-refractivity contribution is 0.00997. The molecule has 186 valence electrons. The van der Waals surface area contributed by atoms with Gasteiger partial charge in [0.05, 0.1) is 29.1 Å². The average molecular weight is 516 g/mol. The maximum absolute atomic E-state index is 11.3. The fourth-order valence-corrected chi connectivity index (χ4v) is 5.11. The summed E-state index contributed by atoms with van der Waals surface area (Å²) in [6.45, 7) is 4.35. The molecule has 35 heavy (non-hydrogen) atoms. The van der Waals surface area contributed by atoms with E-state index in [1.807, 2.05) is 48.5 Å². The third kappa shape index (κ3) is 6.15. The largest absolute Gasteiger partial charge is 0.396 e. The van der Waals surface area contributed by atoms with Gasteiger partial charge in [-0.15, -0.1) is 0 Å². The molecule has 0 unspecified atom stereocenters. The first-order valence-corrected chi connectivity index (χ1v) is 12.5. The van der Waals surface area contributed by atoms with Crippen molar-refractivity contribution >= 4 is 28.9 Å². The Hall–Kier alpha value is -2.19. The number of rotatable bonds is 8. The van der Waals surface area contributed by atoms with Gasteiger partial charge in [0.25, 0.3) is 0 Å². The van der Waals surface area contributed by atoms with Crippen LogP contribution < -0.4 is 4.90 Å². The van der Waals surface area contributed by atoms with Crippen LogP contribution in [0.2, 0.25) is 10.0 Å². The summed E-state index contributed by atoms with van der Waals surface area (Å²) in [6.07, 6.45) is 2.20. The summed E-state index contributed by atoms with van der Waals surface area (Å²) in [4.78, 5) is 8.79. The summed E-state index contributed by atoms with van der Waals surface area (Å²) in [5.74, 6) is 0. The molecule has 1 aliphatic rings. The first kappa shape index (κ1) is 25.9. The van der Waals surface area contributed by atoms with Gasteiger partial charge < -0.3 is 20.2 Å². The van der Waals surface area contributed by atoms with E-state index in [1.165, 1.54) is 0 Å². The molecule has 3 N–H and O–H groups in total. The predicted molar refractivity (Wildman–Crippen MR) is 140 cm³/mol. The van der Waals surface area contributed by atoms with Gasteiger partial charge >= 0.3 is 0 Å². The molecule has 1 saturated heterocycles. The van der Waals surface area contributed by atoms with Gasteiger partial charge in [0, 0.05) is 49.6 Å². The fraction of sp³-hybridized carbons (Fsp3) is 0.370. The maximum atomic E-state index is 11.3. The number of hydrogen-bond acceptors (Lipinski definition) is 6. The monoisotopic (exact) mass is 515 g/mol. The zero-order chi connectivity index (χ0) is 25.0. The molecule has 0 saturated carbocycles. The van der Waals surface area contributed by atoms with Gasteiger partial charge in [-0.3, -0.25) is 9.88 Å². The van der Waals surface area contributed by atoms with Crippen molar-refractivity contribution in [3.63, 3.8) is 0 Å². The maximum Gasteiger partial charge on any atom is 0.101 e. The van der Waals surface area contributed by atoms with Crippen LogP contribution in [0.5, 0.6) is 0 Å². The van der Waals surface area contributed by atoms with Gasteiger partial charge in [0.2, 0.25) is 0 Å². The Labute approximate surface area is 216 Å². The molecule has 0 radical (unpaired) electrons. The van der Waals surface area contributed by atoms with Crippen LogP contribution in [-0.4, -0.2) is 58.0 Å². The van der Waals surface area contributed by atoms with E-state index in [2.05, 4.69) is 14.8 Å². The summed E-state index contributed by atoms with van der Waals surface area (Å²) in [5.41, 5.74) is 3.24. The minimum absolute atomic E-state index is 0.00731. The summed E-state index contributed by atoms with van der Waals surface area (Å²) in [7, 11) is 0. The zero-order valence-corrected chi connectivity index (χ0v) is 21.3. The lowest BCUT2D eigenvalue weighted by atomic mass is 9.94. The van der Waals surface area contributed by atoms with E-state index in [4.69, 9.17) is 23.2 Å².